The van der Waals surface area contributed by atoms with Crippen molar-refractivity contribution in [2.45, 2.75) is 25.4 Å². The molecule has 1 aromatic carbocycles. The Hall–Kier alpha value is -1.46. The van der Waals surface area contributed by atoms with Gasteiger partial charge in [-0.3, -0.25) is 4.79 Å². The van der Waals surface area contributed by atoms with Gasteiger partial charge in [-0.25, -0.2) is 4.39 Å². The molecule has 5 heteroatoms. The minimum atomic E-state index is -0.909. The van der Waals surface area contributed by atoms with Crippen molar-refractivity contribution < 1.29 is 19.4 Å². The molecule has 106 valence electrons. The van der Waals surface area contributed by atoms with Crippen LogP contribution in [0.15, 0.2) is 24.3 Å². The topological polar surface area (TPSA) is 60.8 Å². The fourth-order valence-electron chi connectivity index (χ4n) is 1.84. The van der Waals surface area contributed by atoms with Gasteiger partial charge >= 0.3 is 5.97 Å². The van der Waals surface area contributed by atoms with Crippen LogP contribution in [0.2, 0.25) is 0 Å². The first-order chi connectivity index (χ1) is 8.99. The summed E-state index contributed by atoms with van der Waals surface area (Å²) in [4.78, 5) is 12.2. The molecule has 1 unspecified atom stereocenters. The zero-order valence-corrected chi connectivity index (χ0v) is 11.1. The van der Waals surface area contributed by atoms with Crippen molar-refractivity contribution in [2.24, 2.45) is 0 Å². The number of nitrogens with zero attached hydrogens (tertiary/aromatic N) is 1. The van der Waals surface area contributed by atoms with E-state index in [0.29, 0.717) is 25.1 Å². The van der Waals surface area contributed by atoms with E-state index in [1.165, 1.54) is 6.07 Å². The maximum Gasteiger partial charge on any atom is 0.303 e. The number of hydrogen-bond donors (Lipinski definition) is 2. The third-order valence-corrected chi connectivity index (χ3v) is 2.93. The number of carbonyl (C=O) groups is 1. The van der Waals surface area contributed by atoms with E-state index in [0.717, 1.165) is 0 Å². The van der Waals surface area contributed by atoms with Gasteiger partial charge in [0.2, 0.25) is 0 Å². The first-order valence-corrected chi connectivity index (χ1v) is 6.31. The molecule has 0 aliphatic rings. The highest BCUT2D eigenvalue weighted by atomic mass is 19.1. The molecule has 0 heterocycles. The molecule has 0 bridgehead atoms. The van der Waals surface area contributed by atoms with E-state index in [1.54, 1.807) is 18.2 Å². The number of carboxylic acids is 1. The van der Waals surface area contributed by atoms with E-state index < -0.39 is 12.1 Å². The normalized spacial score (nSPS) is 12.6. The van der Waals surface area contributed by atoms with E-state index in [-0.39, 0.29) is 18.7 Å². The lowest BCUT2D eigenvalue weighted by molar-refractivity contribution is -0.137. The first-order valence-electron chi connectivity index (χ1n) is 6.31. The van der Waals surface area contributed by atoms with Gasteiger partial charge < -0.3 is 15.1 Å². The van der Waals surface area contributed by atoms with Crippen molar-refractivity contribution >= 4 is 5.97 Å². The van der Waals surface area contributed by atoms with Gasteiger partial charge in [-0.05, 0) is 31.5 Å². The Bertz CT molecular complexity index is 411. The molecule has 0 saturated heterocycles. The van der Waals surface area contributed by atoms with Crippen LogP contribution < -0.4 is 0 Å². The van der Waals surface area contributed by atoms with Crippen LogP contribution in [0.4, 0.5) is 4.39 Å². The Kier molecular flexibility index (Phi) is 6.45. The van der Waals surface area contributed by atoms with Gasteiger partial charge in [0.15, 0.2) is 0 Å². The number of aliphatic hydroxyl groups excluding tert-OH is 1. The van der Waals surface area contributed by atoms with Crippen molar-refractivity contribution in [2.75, 3.05) is 20.1 Å². The van der Waals surface area contributed by atoms with E-state index in [2.05, 4.69) is 0 Å². The van der Waals surface area contributed by atoms with Gasteiger partial charge in [0, 0.05) is 19.5 Å². The summed E-state index contributed by atoms with van der Waals surface area (Å²) in [5, 5.41) is 18.2. The lowest BCUT2D eigenvalue weighted by atomic mass is 10.1. The summed E-state index contributed by atoms with van der Waals surface area (Å²) in [6, 6.07) is 6.61. The Labute approximate surface area is 112 Å². The highest BCUT2D eigenvalue weighted by Crippen LogP contribution is 2.08. The van der Waals surface area contributed by atoms with E-state index in [4.69, 9.17) is 5.11 Å². The molecule has 0 fully saturated rings. The van der Waals surface area contributed by atoms with Gasteiger partial charge in [-0.1, -0.05) is 18.2 Å². The average Bonchev–Trinajstić information content (AvgIpc) is 2.35. The summed E-state index contributed by atoms with van der Waals surface area (Å²) >= 11 is 0. The Morgan fingerprint density at radius 1 is 1.42 bits per heavy atom. The number of rotatable bonds is 8. The van der Waals surface area contributed by atoms with E-state index in [1.807, 2.05) is 11.9 Å². The molecule has 0 aromatic heterocycles. The van der Waals surface area contributed by atoms with Crippen molar-refractivity contribution in [3.8, 4) is 0 Å². The molecule has 0 saturated carbocycles. The SMILES string of the molecule is CN(CCc1ccccc1F)CC(O)CCC(=O)O. The number of aliphatic hydroxyl groups is 1. The van der Waals surface area contributed by atoms with Crippen LogP contribution in [0.1, 0.15) is 18.4 Å². The molecule has 1 aromatic rings. The zero-order valence-electron chi connectivity index (χ0n) is 11.1. The number of halogens is 1. The second kappa shape index (κ2) is 7.86. The summed E-state index contributed by atoms with van der Waals surface area (Å²) in [6.45, 7) is 1.01. The van der Waals surface area contributed by atoms with E-state index >= 15 is 0 Å². The Morgan fingerprint density at radius 3 is 2.74 bits per heavy atom. The fourth-order valence-corrected chi connectivity index (χ4v) is 1.84. The first kappa shape index (κ1) is 15.6. The number of benzene rings is 1. The number of aliphatic carboxylic acids is 1. The number of carboxylic acid groups (broad SMARTS) is 1. The quantitative estimate of drug-likeness (QED) is 0.751. The molecule has 19 heavy (non-hydrogen) atoms. The monoisotopic (exact) mass is 269 g/mol. The number of likely N-dealkylation sites (N-methyl/N-ethyl adjacent to an activating group) is 1. The summed E-state index contributed by atoms with van der Waals surface area (Å²) in [7, 11) is 1.82. The molecular weight excluding hydrogens is 249 g/mol. The molecule has 0 spiro atoms. The third-order valence-electron chi connectivity index (χ3n) is 2.93. The Morgan fingerprint density at radius 2 is 2.11 bits per heavy atom. The predicted molar refractivity (Wildman–Crippen MR) is 70.5 cm³/mol. The molecule has 0 radical (unpaired) electrons. The van der Waals surface area contributed by atoms with Crippen molar-refractivity contribution in [3.63, 3.8) is 0 Å². The lowest BCUT2D eigenvalue weighted by Crippen LogP contribution is -2.31. The van der Waals surface area contributed by atoms with Gasteiger partial charge in [0.25, 0.3) is 0 Å². The summed E-state index contributed by atoms with van der Waals surface area (Å²) in [6.07, 6.45) is 0.0954. The third kappa shape index (κ3) is 6.31. The second-order valence-electron chi connectivity index (χ2n) is 4.69. The number of hydrogen-bond acceptors (Lipinski definition) is 3. The molecule has 0 amide bonds. The lowest BCUT2D eigenvalue weighted by Gasteiger charge is -2.20. The van der Waals surface area contributed by atoms with Gasteiger partial charge in [-0.2, -0.15) is 0 Å². The van der Waals surface area contributed by atoms with Gasteiger partial charge in [0.1, 0.15) is 5.82 Å². The smallest absolute Gasteiger partial charge is 0.303 e. The largest absolute Gasteiger partial charge is 0.481 e. The summed E-state index contributed by atoms with van der Waals surface area (Å²) in [5.74, 6) is -1.13. The average molecular weight is 269 g/mol. The fraction of sp³-hybridized carbons (Fsp3) is 0.500. The Balaban J connectivity index is 2.29. The minimum absolute atomic E-state index is 0.0394. The molecule has 2 N–H and O–H groups in total. The molecule has 0 aliphatic carbocycles. The van der Waals surface area contributed by atoms with Crippen molar-refractivity contribution in [3.05, 3.63) is 35.6 Å². The van der Waals surface area contributed by atoms with Crippen LogP contribution in [-0.2, 0) is 11.2 Å². The van der Waals surface area contributed by atoms with E-state index in [9.17, 15) is 14.3 Å². The van der Waals surface area contributed by atoms with Crippen LogP contribution in [0.3, 0.4) is 0 Å². The van der Waals surface area contributed by atoms with Crippen LogP contribution in [0.5, 0.6) is 0 Å². The van der Waals surface area contributed by atoms with Crippen LogP contribution in [-0.4, -0.2) is 47.3 Å². The van der Waals surface area contributed by atoms with Crippen molar-refractivity contribution in [1.82, 2.24) is 4.90 Å². The molecule has 0 aliphatic heterocycles. The van der Waals surface area contributed by atoms with Gasteiger partial charge in [-0.15, -0.1) is 0 Å². The molecule has 4 nitrogen and oxygen atoms in total. The molecule has 1 rings (SSSR count). The second-order valence-corrected chi connectivity index (χ2v) is 4.69. The maximum absolute atomic E-state index is 13.4. The minimum Gasteiger partial charge on any atom is -0.481 e. The molecular formula is C14H20FNO3. The summed E-state index contributed by atoms with van der Waals surface area (Å²) < 4.78 is 13.4. The standard InChI is InChI=1S/C14H20FNO3/c1-16(10-12(17)6-7-14(18)19)9-8-11-4-2-3-5-13(11)15/h2-5,12,17H,6-10H2,1H3,(H,18,19). The highest BCUT2D eigenvalue weighted by molar-refractivity contribution is 5.66. The molecule has 1 atom stereocenters. The highest BCUT2D eigenvalue weighted by Gasteiger charge is 2.11. The van der Waals surface area contributed by atoms with Gasteiger partial charge in [0.05, 0.1) is 6.10 Å². The summed E-state index contributed by atoms with van der Waals surface area (Å²) in [5.41, 5.74) is 0.648. The van der Waals surface area contributed by atoms with Crippen molar-refractivity contribution in [1.29, 1.82) is 0 Å². The maximum atomic E-state index is 13.4. The predicted octanol–water partition coefficient (Wildman–Crippen LogP) is 1.53. The van der Waals surface area contributed by atoms with Crippen LogP contribution >= 0.6 is 0 Å². The zero-order chi connectivity index (χ0) is 14.3. The van der Waals surface area contributed by atoms with Crippen LogP contribution in [0.25, 0.3) is 0 Å². The van der Waals surface area contributed by atoms with Crippen LogP contribution in [0, 0.1) is 5.82 Å².